The number of rotatable bonds is 11. The third-order valence-electron chi connectivity index (χ3n) is 4.29. The molecule has 0 saturated heterocycles. The molecule has 0 spiro atoms. The van der Waals surface area contributed by atoms with E-state index in [1.54, 1.807) is 0 Å². The minimum atomic E-state index is -8.49. The molecule has 0 aliphatic carbocycles. The van der Waals surface area contributed by atoms with Crippen molar-refractivity contribution in [3.8, 4) is 0 Å². The number of aliphatic carboxylic acids is 1. The molecule has 0 bridgehead atoms. The van der Waals surface area contributed by atoms with Crippen molar-refractivity contribution in [3.63, 3.8) is 0 Å². The van der Waals surface area contributed by atoms with Crippen molar-refractivity contribution >= 4 is 5.97 Å². The summed E-state index contributed by atoms with van der Waals surface area (Å²) in [5.41, 5.74) is 0. The van der Waals surface area contributed by atoms with Crippen molar-refractivity contribution in [2.24, 2.45) is 0 Å². The van der Waals surface area contributed by atoms with Crippen molar-refractivity contribution < 1.29 is 84.6 Å². The normalized spacial score (nSPS) is 16.7. The second kappa shape index (κ2) is 8.51. The van der Waals surface area contributed by atoms with Crippen LogP contribution in [0.3, 0.4) is 0 Å². The SMILES string of the molecule is C[N+](C)(CCC(F)C(F)(F)C(F)(F)C(F)(F)C(F)(F)C(F)(F)C(F)(F)C(F)(F)F)CC(=O)[O-]. The Morgan fingerprint density at radius 1 is 0.697 bits per heavy atom. The van der Waals surface area contributed by atoms with Gasteiger partial charge in [-0.25, -0.2) is 4.39 Å². The van der Waals surface area contributed by atoms with Crippen LogP contribution in [0.5, 0.6) is 0 Å². The summed E-state index contributed by atoms with van der Waals surface area (Å²) in [5.74, 6) is -50.2. The number of halogens is 16. The van der Waals surface area contributed by atoms with Crippen LogP contribution in [-0.2, 0) is 4.79 Å². The van der Waals surface area contributed by atoms with E-state index in [0.717, 1.165) is 14.1 Å². The molecule has 1 unspecified atom stereocenters. The summed E-state index contributed by atoms with van der Waals surface area (Å²) in [5, 5.41) is 10.4. The summed E-state index contributed by atoms with van der Waals surface area (Å²) in [6.07, 6.45) is -14.3. The van der Waals surface area contributed by atoms with Gasteiger partial charge in [-0.15, -0.1) is 0 Å². The van der Waals surface area contributed by atoms with Gasteiger partial charge in [-0.1, -0.05) is 0 Å². The second-order valence-electron chi connectivity index (χ2n) is 7.44. The van der Waals surface area contributed by atoms with Crippen molar-refractivity contribution in [2.45, 2.75) is 54.3 Å². The van der Waals surface area contributed by atoms with E-state index >= 15 is 0 Å². The van der Waals surface area contributed by atoms with Crippen LogP contribution >= 0.6 is 0 Å². The van der Waals surface area contributed by atoms with E-state index in [1.165, 1.54) is 0 Å². The summed E-state index contributed by atoms with van der Waals surface area (Å²) in [7, 11) is 1.67. The Bertz CT molecular complexity index is 714. The van der Waals surface area contributed by atoms with Crippen LogP contribution in [0.2, 0.25) is 0 Å². The fraction of sp³-hybridized carbons (Fsp3) is 0.929. The van der Waals surface area contributed by atoms with Crippen LogP contribution in [0.15, 0.2) is 0 Å². The van der Waals surface area contributed by atoms with Crippen LogP contribution in [0.25, 0.3) is 0 Å². The molecule has 198 valence electrons. The zero-order valence-corrected chi connectivity index (χ0v) is 16.0. The lowest BCUT2D eigenvalue weighted by molar-refractivity contribution is -0.885. The van der Waals surface area contributed by atoms with Crippen molar-refractivity contribution in [1.82, 2.24) is 0 Å². The summed E-state index contributed by atoms with van der Waals surface area (Å²) in [4.78, 5) is 10.4. The molecule has 0 amide bonds. The summed E-state index contributed by atoms with van der Waals surface area (Å²) in [6, 6.07) is 0. The number of carbonyl (C=O) groups excluding carboxylic acids is 1. The smallest absolute Gasteiger partial charge is 0.460 e. The first kappa shape index (κ1) is 31.3. The molecule has 0 aliphatic rings. The molecule has 0 aromatic heterocycles. The van der Waals surface area contributed by atoms with E-state index in [1.807, 2.05) is 0 Å². The molecular weight excluding hydrogens is 518 g/mol. The van der Waals surface area contributed by atoms with Gasteiger partial charge >= 0.3 is 41.7 Å². The Balaban J connectivity index is 6.25. The molecule has 0 aromatic carbocycles. The predicted molar refractivity (Wildman–Crippen MR) is 72.1 cm³/mol. The third-order valence-corrected chi connectivity index (χ3v) is 4.29. The van der Waals surface area contributed by atoms with Crippen LogP contribution < -0.4 is 5.11 Å². The Hall–Kier alpha value is -1.69. The first-order valence-electron chi connectivity index (χ1n) is 8.04. The van der Waals surface area contributed by atoms with E-state index in [9.17, 15) is 80.1 Å². The number of carbonyl (C=O) groups is 1. The number of nitrogens with zero attached hydrogens (tertiary/aromatic N) is 1. The molecule has 0 saturated carbocycles. The van der Waals surface area contributed by atoms with Crippen molar-refractivity contribution in [2.75, 3.05) is 27.2 Å². The van der Waals surface area contributed by atoms with E-state index < -0.39 is 77.8 Å². The van der Waals surface area contributed by atoms with Gasteiger partial charge < -0.3 is 14.4 Å². The van der Waals surface area contributed by atoms with E-state index in [-0.39, 0.29) is 0 Å². The molecule has 1 atom stereocenters. The van der Waals surface area contributed by atoms with E-state index in [2.05, 4.69) is 0 Å². The highest BCUT2D eigenvalue weighted by atomic mass is 19.4. The minimum absolute atomic E-state index is 0.835. The van der Waals surface area contributed by atoms with Gasteiger partial charge in [-0.2, -0.15) is 65.9 Å². The van der Waals surface area contributed by atoms with Gasteiger partial charge in [0.15, 0.2) is 6.17 Å². The third kappa shape index (κ3) is 5.06. The largest absolute Gasteiger partial charge is 0.544 e. The highest BCUT2D eigenvalue weighted by Gasteiger charge is 2.93. The van der Waals surface area contributed by atoms with Crippen LogP contribution in [0.1, 0.15) is 6.42 Å². The lowest BCUT2D eigenvalue weighted by atomic mass is 9.89. The number of carboxylic acid groups (broad SMARTS) is 1. The fourth-order valence-corrected chi connectivity index (χ4v) is 2.25. The van der Waals surface area contributed by atoms with Gasteiger partial charge in [0.1, 0.15) is 6.54 Å². The number of alkyl halides is 16. The summed E-state index contributed by atoms with van der Waals surface area (Å²) >= 11 is 0. The van der Waals surface area contributed by atoms with Crippen LogP contribution in [0.4, 0.5) is 70.2 Å². The minimum Gasteiger partial charge on any atom is -0.544 e. The zero-order chi connectivity index (χ0) is 27.3. The summed E-state index contributed by atoms with van der Waals surface area (Å²) in [6.45, 7) is -2.30. The molecule has 3 nitrogen and oxygen atoms in total. The Morgan fingerprint density at radius 3 is 1.36 bits per heavy atom. The van der Waals surface area contributed by atoms with Gasteiger partial charge in [-0.05, 0) is 0 Å². The van der Waals surface area contributed by atoms with Gasteiger partial charge in [-0.3, -0.25) is 0 Å². The van der Waals surface area contributed by atoms with Gasteiger partial charge in [0.25, 0.3) is 0 Å². The molecule has 0 aliphatic heterocycles. The number of carboxylic acids is 1. The highest BCUT2D eigenvalue weighted by molar-refractivity contribution is 5.65. The van der Waals surface area contributed by atoms with Crippen molar-refractivity contribution in [3.05, 3.63) is 0 Å². The lowest BCUT2D eigenvalue weighted by Crippen LogP contribution is -2.73. The second-order valence-corrected chi connectivity index (χ2v) is 7.44. The summed E-state index contributed by atoms with van der Waals surface area (Å²) < 4.78 is 208. The van der Waals surface area contributed by atoms with Gasteiger partial charge in [0, 0.05) is 6.42 Å². The fourth-order valence-electron chi connectivity index (χ4n) is 2.25. The standard InChI is InChI=1S/C14H13F16NO2/c1-31(2,5-7(32)33)4-3-6(15)8(16,17)9(18,19)10(20,21)11(22,23)12(24,25)13(26,27)14(28,29)30/h6H,3-5H2,1-2H3. The van der Waals surface area contributed by atoms with Crippen LogP contribution in [0, 0.1) is 0 Å². The number of likely N-dealkylation sites (N-methyl/N-ethyl adjacent to an activating group) is 1. The Kier molecular flexibility index (Phi) is 8.08. The van der Waals surface area contributed by atoms with Gasteiger partial charge in [0.2, 0.25) is 0 Å². The van der Waals surface area contributed by atoms with E-state index in [4.69, 9.17) is 0 Å². The first-order chi connectivity index (χ1) is 14.0. The first-order valence-corrected chi connectivity index (χ1v) is 8.04. The van der Waals surface area contributed by atoms with Crippen LogP contribution in [-0.4, -0.2) is 85.5 Å². The predicted octanol–water partition coefficient (Wildman–Crippen LogP) is 3.92. The van der Waals surface area contributed by atoms with Crippen molar-refractivity contribution in [1.29, 1.82) is 0 Å². The lowest BCUT2D eigenvalue weighted by Gasteiger charge is -2.42. The number of quaternary nitrogens is 1. The average molecular weight is 531 g/mol. The molecule has 0 N–H and O–H groups in total. The molecule has 0 rings (SSSR count). The molecular formula is C14H13F16NO2. The average Bonchev–Trinajstić information content (AvgIpc) is 2.56. The number of hydrogen-bond acceptors (Lipinski definition) is 2. The molecule has 0 fully saturated rings. The topological polar surface area (TPSA) is 40.1 Å². The Morgan fingerprint density at radius 2 is 1.03 bits per heavy atom. The quantitative estimate of drug-likeness (QED) is 0.300. The monoisotopic (exact) mass is 531 g/mol. The molecule has 33 heavy (non-hydrogen) atoms. The molecule has 0 radical (unpaired) electrons. The number of hydrogen-bond donors (Lipinski definition) is 0. The molecule has 19 heteroatoms. The zero-order valence-electron chi connectivity index (χ0n) is 16.0. The maximum atomic E-state index is 13.7. The maximum Gasteiger partial charge on any atom is 0.460 e. The maximum absolute atomic E-state index is 13.7. The Labute approximate surface area is 173 Å². The molecule has 0 aromatic rings. The molecule has 0 heterocycles. The van der Waals surface area contributed by atoms with Gasteiger partial charge in [0.05, 0.1) is 26.6 Å². The highest BCUT2D eigenvalue weighted by Crippen LogP contribution is 2.62. The van der Waals surface area contributed by atoms with E-state index in [0.29, 0.717) is 0 Å².